The molecule has 0 spiro atoms. The Balaban J connectivity index is 1.58. The van der Waals surface area contributed by atoms with Gasteiger partial charge in [0.05, 0.1) is 7.11 Å². The number of nitrogens with one attached hydrogen (secondary N) is 1. The largest absolute Gasteiger partial charge is 0.497 e. The Morgan fingerprint density at radius 3 is 2.71 bits per heavy atom. The van der Waals surface area contributed by atoms with Gasteiger partial charge in [0.2, 0.25) is 0 Å². The number of carbonyl (C=O) groups excluding carboxylic acids is 1. The number of nitroso groups, excluding NO2 is 1. The quantitative estimate of drug-likeness (QED) is 0.876. The minimum absolute atomic E-state index is 0.219. The minimum atomic E-state index is -1.01. The molecular weight excluding hydrogens is 308 g/mol. The standard InChI is InChI=1S/C18H16N2O4/c1-23-12-8-6-11(7-9-12)19-17(21)18-10-14(18)16(20-22)13-4-2-3-5-15(13)24-18/h2-9,14,16H,10H2,1H3,(H,19,21). The molecule has 2 aromatic rings. The highest BCUT2D eigenvalue weighted by atomic mass is 16.5. The van der Waals surface area contributed by atoms with Crippen molar-refractivity contribution < 1.29 is 14.3 Å². The van der Waals surface area contributed by atoms with Crippen molar-refractivity contribution in [1.29, 1.82) is 0 Å². The molecule has 6 nitrogen and oxygen atoms in total. The second-order valence-electron chi connectivity index (χ2n) is 6.07. The third kappa shape index (κ3) is 2.14. The number of methoxy groups -OCH3 is 1. The second kappa shape index (κ2) is 5.33. The first-order valence-corrected chi connectivity index (χ1v) is 7.74. The van der Waals surface area contributed by atoms with E-state index in [2.05, 4.69) is 10.5 Å². The summed E-state index contributed by atoms with van der Waals surface area (Å²) in [5.74, 6) is 0.799. The van der Waals surface area contributed by atoms with E-state index in [1.807, 2.05) is 18.2 Å². The lowest BCUT2D eigenvalue weighted by molar-refractivity contribution is -0.125. The lowest BCUT2D eigenvalue weighted by atomic mass is 9.96. The predicted octanol–water partition coefficient (Wildman–Crippen LogP) is 3.29. The molecule has 0 saturated heterocycles. The van der Waals surface area contributed by atoms with E-state index in [0.29, 0.717) is 23.6 Å². The van der Waals surface area contributed by atoms with Gasteiger partial charge in [-0.15, -0.1) is 0 Å². The van der Waals surface area contributed by atoms with E-state index in [1.54, 1.807) is 37.4 Å². The lowest BCUT2D eigenvalue weighted by Crippen LogP contribution is -2.40. The number of rotatable bonds is 4. The predicted molar refractivity (Wildman–Crippen MR) is 88.1 cm³/mol. The molecule has 1 aliphatic carbocycles. The number of nitrogens with zero attached hydrogens (tertiary/aromatic N) is 1. The maximum atomic E-state index is 12.7. The molecule has 6 heteroatoms. The smallest absolute Gasteiger partial charge is 0.268 e. The fourth-order valence-electron chi connectivity index (χ4n) is 3.33. The first-order valence-electron chi connectivity index (χ1n) is 7.74. The second-order valence-corrected chi connectivity index (χ2v) is 6.07. The van der Waals surface area contributed by atoms with Crippen LogP contribution in [0, 0.1) is 10.8 Å². The highest BCUT2D eigenvalue weighted by Gasteiger charge is 2.69. The topological polar surface area (TPSA) is 77.0 Å². The molecule has 3 atom stereocenters. The van der Waals surface area contributed by atoms with Gasteiger partial charge in [0, 0.05) is 23.6 Å². The monoisotopic (exact) mass is 324 g/mol. The average Bonchev–Trinajstić information content (AvgIpc) is 3.35. The van der Waals surface area contributed by atoms with Crippen LogP contribution in [0.15, 0.2) is 53.7 Å². The van der Waals surface area contributed by atoms with Crippen LogP contribution in [0.4, 0.5) is 5.69 Å². The maximum Gasteiger partial charge on any atom is 0.268 e. The lowest BCUT2D eigenvalue weighted by Gasteiger charge is -2.27. The summed E-state index contributed by atoms with van der Waals surface area (Å²) in [7, 11) is 1.58. The summed E-state index contributed by atoms with van der Waals surface area (Å²) >= 11 is 0. The van der Waals surface area contributed by atoms with E-state index < -0.39 is 11.6 Å². The zero-order valence-electron chi connectivity index (χ0n) is 13.1. The number of ether oxygens (including phenoxy) is 2. The molecule has 2 aliphatic rings. The number of fused-ring (bicyclic) bond motifs is 2. The maximum absolute atomic E-state index is 12.7. The molecule has 0 aromatic heterocycles. The fraction of sp³-hybridized carbons (Fsp3) is 0.278. The van der Waals surface area contributed by atoms with Crippen LogP contribution in [-0.2, 0) is 4.79 Å². The van der Waals surface area contributed by atoms with Gasteiger partial charge in [-0.05, 0) is 30.3 Å². The van der Waals surface area contributed by atoms with Crippen LogP contribution < -0.4 is 14.8 Å². The third-order valence-corrected chi connectivity index (χ3v) is 4.72. The summed E-state index contributed by atoms with van der Waals surface area (Å²) < 4.78 is 11.1. The van der Waals surface area contributed by atoms with Gasteiger partial charge in [0.15, 0.2) is 5.60 Å². The molecule has 1 fully saturated rings. The van der Waals surface area contributed by atoms with Crippen molar-refractivity contribution in [2.24, 2.45) is 11.1 Å². The zero-order valence-corrected chi connectivity index (χ0v) is 13.1. The van der Waals surface area contributed by atoms with Crippen LogP contribution in [0.3, 0.4) is 0 Å². The van der Waals surface area contributed by atoms with E-state index >= 15 is 0 Å². The van der Waals surface area contributed by atoms with Gasteiger partial charge in [0.25, 0.3) is 5.91 Å². The molecule has 122 valence electrons. The summed E-state index contributed by atoms with van der Waals surface area (Å²) in [6.45, 7) is 0. The third-order valence-electron chi connectivity index (χ3n) is 4.72. The van der Waals surface area contributed by atoms with Gasteiger partial charge in [-0.1, -0.05) is 23.4 Å². The van der Waals surface area contributed by atoms with E-state index in [1.165, 1.54) is 0 Å². The molecule has 3 unspecified atom stereocenters. The first kappa shape index (κ1) is 14.7. The van der Waals surface area contributed by atoms with Crippen LogP contribution in [0.1, 0.15) is 18.0 Å². The normalized spacial score (nSPS) is 26.4. The molecule has 4 rings (SSSR count). The molecular formula is C18H16N2O4. The van der Waals surface area contributed by atoms with E-state index in [9.17, 15) is 9.70 Å². The van der Waals surface area contributed by atoms with Crippen molar-refractivity contribution >= 4 is 11.6 Å². The van der Waals surface area contributed by atoms with Gasteiger partial charge in [-0.2, -0.15) is 4.91 Å². The first-order chi connectivity index (χ1) is 11.7. The van der Waals surface area contributed by atoms with Crippen LogP contribution in [0.25, 0.3) is 0 Å². The number of hydrogen-bond donors (Lipinski definition) is 1. The zero-order chi connectivity index (χ0) is 16.7. The Labute approximate surface area is 138 Å². The molecule has 24 heavy (non-hydrogen) atoms. The molecule has 1 aliphatic heterocycles. The average molecular weight is 324 g/mol. The highest BCUT2D eigenvalue weighted by Crippen LogP contribution is 2.60. The van der Waals surface area contributed by atoms with Crippen molar-refractivity contribution in [2.75, 3.05) is 12.4 Å². The molecule has 0 radical (unpaired) electrons. The summed E-state index contributed by atoms with van der Waals surface area (Å²) in [4.78, 5) is 24.0. The van der Waals surface area contributed by atoms with E-state index in [4.69, 9.17) is 9.47 Å². The summed E-state index contributed by atoms with van der Waals surface area (Å²) in [6, 6.07) is 13.8. The molecule has 1 saturated carbocycles. The molecule has 0 bridgehead atoms. The molecule has 2 aromatic carbocycles. The molecule has 1 amide bonds. The van der Waals surface area contributed by atoms with Gasteiger partial charge in [-0.3, -0.25) is 4.79 Å². The Bertz CT molecular complexity index is 805. The number of anilines is 1. The Kier molecular flexibility index (Phi) is 3.26. The van der Waals surface area contributed by atoms with Crippen LogP contribution in [-0.4, -0.2) is 18.6 Å². The van der Waals surface area contributed by atoms with Crippen LogP contribution >= 0.6 is 0 Å². The fourth-order valence-corrected chi connectivity index (χ4v) is 3.33. The van der Waals surface area contributed by atoms with E-state index in [-0.39, 0.29) is 11.8 Å². The van der Waals surface area contributed by atoms with Crippen molar-refractivity contribution in [2.45, 2.75) is 18.1 Å². The number of hydrogen-bond acceptors (Lipinski definition) is 5. The summed E-state index contributed by atoms with van der Waals surface area (Å²) in [5.41, 5.74) is 0.397. The number of carbonyl (C=O) groups is 1. The Hall–Kier alpha value is -2.89. The van der Waals surface area contributed by atoms with Crippen molar-refractivity contribution in [3.63, 3.8) is 0 Å². The van der Waals surface area contributed by atoms with Gasteiger partial charge >= 0.3 is 0 Å². The Morgan fingerprint density at radius 2 is 2.00 bits per heavy atom. The highest BCUT2D eigenvalue weighted by molar-refractivity contribution is 6.00. The number of para-hydroxylation sites is 1. The van der Waals surface area contributed by atoms with Crippen LogP contribution in [0.5, 0.6) is 11.5 Å². The van der Waals surface area contributed by atoms with Crippen molar-refractivity contribution in [1.82, 2.24) is 0 Å². The van der Waals surface area contributed by atoms with E-state index in [0.717, 1.165) is 5.56 Å². The summed E-state index contributed by atoms with van der Waals surface area (Å²) in [5, 5.41) is 6.10. The summed E-state index contributed by atoms with van der Waals surface area (Å²) in [6.07, 6.45) is 0.486. The SMILES string of the molecule is COc1ccc(NC(=O)C23CC2C(N=O)c2ccccc2O3)cc1. The van der Waals surface area contributed by atoms with Gasteiger partial charge in [0.1, 0.15) is 17.5 Å². The number of amides is 1. The van der Waals surface area contributed by atoms with Crippen molar-refractivity contribution in [3.05, 3.63) is 59.0 Å². The van der Waals surface area contributed by atoms with Gasteiger partial charge in [-0.25, -0.2) is 0 Å². The minimum Gasteiger partial charge on any atom is -0.497 e. The Morgan fingerprint density at radius 1 is 1.25 bits per heavy atom. The van der Waals surface area contributed by atoms with Gasteiger partial charge < -0.3 is 14.8 Å². The molecule has 1 heterocycles. The van der Waals surface area contributed by atoms with Crippen LogP contribution in [0.2, 0.25) is 0 Å². The molecule has 1 N–H and O–H groups in total. The van der Waals surface area contributed by atoms with Crippen molar-refractivity contribution in [3.8, 4) is 11.5 Å². The number of benzene rings is 2.